The van der Waals surface area contributed by atoms with Crippen LogP contribution in [0, 0.1) is 5.92 Å². The van der Waals surface area contributed by atoms with E-state index < -0.39 is 5.79 Å². The van der Waals surface area contributed by atoms with Crippen LogP contribution in [0.25, 0.3) is 0 Å². The Morgan fingerprint density at radius 1 is 1.57 bits per heavy atom. The van der Waals surface area contributed by atoms with Crippen molar-refractivity contribution < 1.29 is 14.6 Å². The van der Waals surface area contributed by atoms with E-state index in [0.29, 0.717) is 6.61 Å². The Bertz CT molecular complexity index is 173. The number of rotatable bonds is 5. The van der Waals surface area contributed by atoms with Gasteiger partial charge in [-0.1, -0.05) is 0 Å². The first kappa shape index (κ1) is 11.9. The molecule has 0 amide bonds. The number of ether oxygens (including phenoxy) is 2. The molecule has 14 heavy (non-hydrogen) atoms. The molecule has 0 radical (unpaired) electrons. The summed E-state index contributed by atoms with van der Waals surface area (Å²) >= 11 is 0. The van der Waals surface area contributed by atoms with Gasteiger partial charge < -0.3 is 19.9 Å². The van der Waals surface area contributed by atoms with Crippen molar-refractivity contribution in [3.8, 4) is 0 Å². The first-order valence-corrected chi connectivity index (χ1v) is 5.16. The second-order valence-electron chi connectivity index (χ2n) is 4.20. The molecule has 2 N–H and O–H groups in total. The van der Waals surface area contributed by atoms with Crippen LogP contribution >= 0.6 is 0 Å². The molecule has 84 valence electrons. The van der Waals surface area contributed by atoms with Crippen LogP contribution in [0.5, 0.6) is 0 Å². The predicted molar refractivity (Wildman–Crippen MR) is 54.0 cm³/mol. The van der Waals surface area contributed by atoms with Crippen LogP contribution in [0.4, 0.5) is 0 Å². The van der Waals surface area contributed by atoms with Gasteiger partial charge in [0.1, 0.15) is 0 Å². The number of hydrogen-bond acceptors (Lipinski definition) is 4. The monoisotopic (exact) mass is 203 g/mol. The molecular weight excluding hydrogens is 182 g/mol. The molecule has 0 aromatic heterocycles. The van der Waals surface area contributed by atoms with Crippen LogP contribution in [-0.4, -0.2) is 43.8 Å². The van der Waals surface area contributed by atoms with E-state index in [9.17, 15) is 5.11 Å². The third-order valence-corrected chi connectivity index (χ3v) is 2.56. The second kappa shape index (κ2) is 5.07. The van der Waals surface area contributed by atoms with E-state index in [1.54, 1.807) is 0 Å². The average Bonchev–Trinajstić information content (AvgIpc) is 2.48. The summed E-state index contributed by atoms with van der Waals surface area (Å²) in [7, 11) is 1.91. The van der Waals surface area contributed by atoms with Crippen molar-refractivity contribution >= 4 is 0 Å². The van der Waals surface area contributed by atoms with Crippen molar-refractivity contribution in [1.29, 1.82) is 0 Å². The summed E-state index contributed by atoms with van der Waals surface area (Å²) in [6.07, 6.45) is 0.945. The van der Waals surface area contributed by atoms with E-state index in [2.05, 4.69) is 5.32 Å². The molecule has 4 nitrogen and oxygen atoms in total. The molecule has 0 saturated carbocycles. The molecule has 1 heterocycles. The summed E-state index contributed by atoms with van der Waals surface area (Å²) in [6.45, 7) is 5.44. The zero-order valence-corrected chi connectivity index (χ0v) is 9.25. The van der Waals surface area contributed by atoms with E-state index in [0.717, 1.165) is 13.0 Å². The highest BCUT2D eigenvalue weighted by Crippen LogP contribution is 2.27. The van der Waals surface area contributed by atoms with Crippen LogP contribution in [0.1, 0.15) is 20.3 Å². The van der Waals surface area contributed by atoms with E-state index in [4.69, 9.17) is 9.47 Å². The molecule has 0 spiro atoms. The molecule has 1 saturated heterocycles. The molecule has 1 rings (SSSR count). The van der Waals surface area contributed by atoms with Gasteiger partial charge in [0.25, 0.3) is 0 Å². The maximum atomic E-state index is 9.22. The molecule has 0 aromatic carbocycles. The smallest absolute Gasteiger partial charge is 0.163 e. The van der Waals surface area contributed by atoms with Gasteiger partial charge in [-0.25, -0.2) is 0 Å². The SMILES string of the molecule is CNCCC(CO)C1COC(C)(C)O1. The van der Waals surface area contributed by atoms with Gasteiger partial charge in [-0.2, -0.15) is 0 Å². The van der Waals surface area contributed by atoms with Gasteiger partial charge in [-0.15, -0.1) is 0 Å². The quantitative estimate of drug-likeness (QED) is 0.677. The molecule has 0 bridgehead atoms. The van der Waals surface area contributed by atoms with Crippen molar-refractivity contribution in [2.24, 2.45) is 5.92 Å². The minimum absolute atomic E-state index is 0.0309. The Hall–Kier alpha value is -0.160. The van der Waals surface area contributed by atoms with Gasteiger partial charge in [-0.05, 0) is 33.9 Å². The molecule has 0 aliphatic carbocycles. The summed E-state index contributed by atoms with van der Waals surface area (Å²) in [5, 5.41) is 12.3. The molecule has 1 fully saturated rings. The fourth-order valence-corrected chi connectivity index (χ4v) is 1.67. The standard InChI is InChI=1S/C10H21NO3/c1-10(2)13-7-9(14-10)8(6-12)4-5-11-3/h8-9,11-12H,4-7H2,1-3H3. The summed E-state index contributed by atoms with van der Waals surface area (Å²) in [5.74, 6) is -0.318. The third-order valence-electron chi connectivity index (χ3n) is 2.56. The van der Waals surface area contributed by atoms with Crippen molar-refractivity contribution in [3.63, 3.8) is 0 Å². The van der Waals surface area contributed by atoms with Crippen LogP contribution in [0.2, 0.25) is 0 Å². The number of nitrogens with one attached hydrogen (secondary N) is 1. The summed E-state index contributed by atoms with van der Waals surface area (Å²) in [6, 6.07) is 0. The highest BCUT2D eigenvalue weighted by atomic mass is 16.7. The van der Waals surface area contributed by atoms with Crippen LogP contribution < -0.4 is 5.32 Å². The van der Waals surface area contributed by atoms with E-state index in [1.807, 2.05) is 20.9 Å². The van der Waals surface area contributed by atoms with Gasteiger partial charge in [-0.3, -0.25) is 0 Å². The molecule has 0 aromatic rings. The topological polar surface area (TPSA) is 50.7 Å². The first-order chi connectivity index (χ1) is 6.59. The highest BCUT2D eigenvalue weighted by Gasteiger charge is 2.36. The normalized spacial score (nSPS) is 27.9. The Kier molecular flexibility index (Phi) is 4.31. The van der Waals surface area contributed by atoms with Crippen molar-refractivity contribution in [2.45, 2.75) is 32.2 Å². The minimum atomic E-state index is -0.488. The highest BCUT2D eigenvalue weighted by molar-refractivity contribution is 4.78. The molecule has 4 heteroatoms. The fraction of sp³-hybridized carbons (Fsp3) is 1.00. The Morgan fingerprint density at radius 3 is 2.71 bits per heavy atom. The van der Waals surface area contributed by atoms with Crippen molar-refractivity contribution in [3.05, 3.63) is 0 Å². The number of aliphatic hydroxyl groups excluding tert-OH is 1. The van der Waals surface area contributed by atoms with Gasteiger partial charge in [0, 0.05) is 12.5 Å². The zero-order chi connectivity index (χ0) is 10.6. The van der Waals surface area contributed by atoms with Crippen LogP contribution in [0.15, 0.2) is 0 Å². The zero-order valence-electron chi connectivity index (χ0n) is 9.25. The van der Waals surface area contributed by atoms with E-state index in [-0.39, 0.29) is 18.6 Å². The summed E-state index contributed by atoms with van der Waals surface area (Å²) in [5.41, 5.74) is 0. The van der Waals surface area contributed by atoms with Crippen LogP contribution in [-0.2, 0) is 9.47 Å². The lowest BCUT2D eigenvalue weighted by atomic mass is 10.0. The Balaban J connectivity index is 2.38. The fourth-order valence-electron chi connectivity index (χ4n) is 1.67. The van der Waals surface area contributed by atoms with Crippen molar-refractivity contribution in [2.75, 3.05) is 26.8 Å². The van der Waals surface area contributed by atoms with Crippen LogP contribution in [0.3, 0.4) is 0 Å². The van der Waals surface area contributed by atoms with Gasteiger partial charge in [0.15, 0.2) is 5.79 Å². The Labute approximate surface area is 85.6 Å². The van der Waals surface area contributed by atoms with Gasteiger partial charge >= 0.3 is 0 Å². The first-order valence-electron chi connectivity index (χ1n) is 5.16. The molecule has 1 aliphatic heterocycles. The maximum Gasteiger partial charge on any atom is 0.163 e. The minimum Gasteiger partial charge on any atom is -0.396 e. The number of hydrogen-bond donors (Lipinski definition) is 2. The number of aliphatic hydroxyl groups is 1. The second-order valence-corrected chi connectivity index (χ2v) is 4.20. The third kappa shape index (κ3) is 3.20. The molecule has 2 atom stereocenters. The predicted octanol–water partition coefficient (Wildman–Crippen LogP) is 0.356. The molecule has 2 unspecified atom stereocenters. The largest absolute Gasteiger partial charge is 0.396 e. The van der Waals surface area contributed by atoms with E-state index in [1.165, 1.54) is 0 Å². The average molecular weight is 203 g/mol. The summed E-state index contributed by atoms with van der Waals surface area (Å²) < 4.78 is 11.2. The van der Waals surface area contributed by atoms with Gasteiger partial charge in [0.05, 0.1) is 12.7 Å². The lowest BCUT2D eigenvalue weighted by molar-refractivity contribution is -0.146. The maximum absolute atomic E-state index is 9.22. The molecule has 1 aliphatic rings. The van der Waals surface area contributed by atoms with E-state index >= 15 is 0 Å². The lowest BCUT2D eigenvalue weighted by Gasteiger charge is -2.22. The summed E-state index contributed by atoms with van der Waals surface area (Å²) in [4.78, 5) is 0. The lowest BCUT2D eigenvalue weighted by Crippen LogP contribution is -2.31. The molecular formula is C10H21NO3. The van der Waals surface area contributed by atoms with Gasteiger partial charge in [0.2, 0.25) is 0 Å². The Morgan fingerprint density at radius 2 is 2.29 bits per heavy atom. The van der Waals surface area contributed by atoms with Crippen molar-refractivity contribution in [1.82, 2.24) is 5.32 Å².